The molecule has 0 aliphatic rings. The van der Waals surface area contributed by atoms with Crippen LogP contribution in [-0.2, 0) is 0 Å². The normalized spacial score (nSPS) is 10.4. The Kier molecular flexibility index (Phi) is 5.38. The first-order valence-electron chi connectivity index (χ1n) is 7.69. The zero-order valence-electron chi connectivity index (χ0n) is 13.8. The summed E-state index contributed by atoms with van der Waals surface area (Å²) in [6.07, 6.45) is 4.56. The lowest BCUT2D eigenvalue weighted by Crippen LogP contribution is -2.14. The highest BCUT2D eigenvalue weighted by Crippen LogP contribution is 2.25. The van der Waals surface area contributed by atoms with E-state index in [1.54, 1.807) is 37.3 Å². The highest BCUT2D eigenvalue weighted by Gasteiger charge is 2.17. The van der Waals surface area contributed by atoms with Gasteiger partial charge in [0.25, 0.3) is 5.91 Å². The summed E-state index contributed by atoms with van der Waals surface area (Å²) >= 11 is 0.869. The van der Waals surface area contributed by atoms with Gasteiger partial charge in [-0.15, -0.1) is 0 Å². The van der Waals surface area contributed by atoms with Crippen LogP contribution < -0.4 is 5.32 Å². The van der Waals surface area contributed by atoms with Crippen molar-refractivity contribution in [3.05, 3.63) is 83.6 Å². The molecule has 3 aromatic rings. The summed E-state index contributed by atoms with van der Waals surface area (Å²) in [5.74, 6) is -0.766. The minimum Gasteiger partial charge on any atom is -0.322 e. The van der Waals surface area contributed by atoms with Crippen molar-refractivity contribution in [1.29, 1.82) is 0 Å². The van der Waals surface area contributed by atoms with Crippen LogP contribution in [0.5, 0.6) is 0 Å². The minimum absolute atomic E-state index is 0.238. The molecule has 2 heterocycles. The molecule has 0 bridgehead atoms. The van der Waals surface area contributed by atoms with Crippen LogP contribution >= 0.6 is 11.8 Å². The van der Waals surface area contributed by atoms with Crippen LogP contribution in [0.2, 0.25) is 0 Å². The molecule has 5 nitrogen and oxygen atoms in total. The first-order valence-corrected chi connectivity index (χ1v) is 8.51. The molecule has 0 spiro atoms. The van der Waals surface area contributed by atoms with Gasteiger partial charge in [0, 0.05) is 29.8 Å². The molecular formula is C19H14FN3O2S. The molecule has 130 valence electrons. The average molecular weight is 367 g/mol. The molecule has 7 heteroatoms. The van der Waals surface area contributed by atoms with Crippen molar-refractivity contribution in [2.75, 3.05) is 5.32 Å². The van der Waals surface area contributed by atoms with Crippen LogP contribution in [0.4, 0.5) is 10.1 Å². The fraction of sp³-hybridized carbons (Fsp3) is 0.0526. The Morgan fingerprint density at radius 1 is 1.08 bits per heavy atom. The quantitative estimate of drug-likeness (QED) is 0.703. The smallest absolute Gasteiger partial charge is 0.258 e. The number of nitrogens with zero attached hydrogens (tertiary/aromatic N) is 2. The van der Waals surface area contributed by atoms with E-state index in [-0.39, 0.29) is 16.5 Å². The lowest BCUT2D eigenvalue weighted by Gasteiger charge is -2.09. The maximum atomic E-state index is 13.4. The molecule has 0 atom stereocenters. The molecule has 0 saturated heterocycles. The van der Waals surface area contributed by atoms with Crippen LogP contribution in [0.3, 0.4) is 0 Å². The first kappa shape index (κ1) is 17.8. The van der Waals surface area contributed by atoms with E-state index in [0.717, 1.165) is 11.8 Å². The Balaban J connectivity index is 1.81. The zero-order valence-corrected chi connectivity index (χ0v) is 14.6. The third-order valence-electron chi connectivity index (χ3n) is 3.54. The maximum Gasteiger partial charge on any atom is 0.258 e. The largest absolute Gasteiger partial charge is 0.322 e. The van der Waals surface area contributed by atoms with E-state index in [1.807, 2.05) is 0 Å². The number of carbonyl (C=O) groups is 2. The van der Waals surface area contributed by atoms with Crippen molar-refractivity contribution in [2.24, 2.45) is 0 Å². The van der Waals surface area contributed by atoms with E-state index in [9.17, 15) is 14.0 Å². The van der Waals surface area contributed by atoms with Crippen LogP contribution in [0.25, 0.3) is 0 Å². The number of amides is 1. The molecular weight excluding hydrogens is 353 g/mol. The number of nitrogens with one attached hydrogen (secondary N) is 1. The van der Waals surface area contributed by atoms with Gasteiger partial charge in [0.15, 0.2) is 0 Å². The fourth-order valence-corrected chi connectivity index (χ4v) is 3.01. The lowest BCUT2D eigenvalue weighted by atomic mass is 10.2. The molecule has 0 fully saturated rings. The predicted molar refractivity (Wildman–Crippen MR) is 97.8 cm³/mol. The van der Waals surface area contributed by atoms with Crippen LogP contribution in [0, 0.1) is 12.7 Å². The second-order valence-electron chi connectivity index (χ2n) is 5.40. The van der Waals surface area contributed by atoms with Gasteiger partial charge >= 0.3 is 0 Å². The Morgan fingerprint density at radius 2 is 1.85 bits per heavy atom. The second kappa shape index (κ2) is 7.88. The van der Waals surface area contributed by atoms with E-state index in [4.69, 9.17) is 0 Å². The molecule has 2 aromatic heterocycles. The van der Waals surface area contributed by atoms with Crippen LogP contribution in [0.15, 0.2) is 66.1 Å². The van der Waals surface area contributed by atoms with Crippen molar-refractivity contribution in [3.63, 3.8) is 0 Å². The Morgan fingerprint density at radius 3 is 2.58 bits per heavy atom. The second-order valence-corrected chi connectivity index (χ2v) is 6.36. The summed E-state index contributed by atoms with van der Waals surface area (Å²) < 4.78 is 13.4. The SMILES string of the molecule is Cc1cc(NC(=O)c2cccnc2SC(=O)c2ccncc2)ccc1F. The van der Waals surface area contributed by atoms with Crippen molar-refractivity contribution in [3.8, 4) is 0 Å². The molecule has 0 radical (unpaired) electrons. The van der Waals surface area contributed by atoms with E-state index in [1.165, 1.54) is 30.7 Å². The highest BCUT2D eigenvalue weighted by atomic mass is 32.2. The van der Waals surface area contributed by atoms with Crippen molar-refractivity contribution < 1.29 is 14.0 Å². The van der Waals surface area contributed by atoms with E-state index >= 15 is 0 Å². The van der Waals surface area contributed by atoms with Gasteiger partial charge in [-0.25, -0.2) is 9.37 Å². The number of halogens is 1. The van der Waals surface area contributed by atoms with E-state index < -0.39 is 5.91 Å². The number of aromatic nitrogens is 2. The van der Waals surface area contributed by atoms with E-state index in [0.29, 0.717) is 21.8 Å². The Labute approximate surface area is 153 Å². The molecule has 26 heavy (non-hydrogen) atoms. The number of rotatable bonds is 4. The fourth-order valence-electron chi connectivity index (χ4n) is 2.20. The van der Waals surface area contributed by atoms with Gasteiger partial charge in [-0.1, -0.05) is 0 Å². The Hall–Kier alpha value is -3.06. The minimum atomic E-state index is -0.422. The topological polar surface area (TPSA) is 72.0 Å². The molecule has 1 aromatic carbocycles. The van der Waals surface area contributed by atoms with Gasteiger partial charge < -0.3 is 5.32 Å². The zero-order chi connectivity index (χ0) is 18.5. The summed E-state index contributed by atoms with van der Waals surface area (Å²) in [4.78, 5) is 32.9. The van der Waals surface area contributed by atoms with Crippen LogP contribution in [-0.4, -0.2) is 21.0 Å². The van der Waals surface area contributed by atoms with Gasteiger partial charge in [0.1, 0.15) is 10.8 Å². The molecule has 3 rings (SSSR count). The molecule has 0 aliphatic heterocycles. The van der Waals surface area contributed by atoms with Gasteiger partial charge in [-0.3, -0.25) is 14.6 Å². The number of hydrogen-bond acceptors (Lipinski definition) is 5. The molecule has 0 unspecified atom stereocenters. The summed E-state index contributed by atoms with van der Waals surface area (Å²) in [5.41, 5.74) is 1.63. The number of thioether (sulfide) groups is 1. The van der Waals surface area contributed by atoms with Crippen molar-refractivity contribution in [2.45, 2.75) is 11.9 Å². The lowest BCUT2D eigenvalue weighted by molar-refractivity contribution is 0.102. The number of pyridine rings is 2. The number of hydrogen-bond donors (Lipinski definition) is 1. The van der Waals surface area contributed by atoms with Crippen molar-refractivity contribution >= 4 is 28.5 Å². The molecule has 0 saturated carbocycles. The van der Waals surface area contributed by atoms with Gasteiger partial charge in [-0.05, 0) is 66.7 Å². The number of carbonyl (C=O) groups excluding carboxylic acids is 2. The number of anilines is 1. The van der Waals surface area contributed by atoms with Gasteiger partial charge in [0.05, 0.1) is 5.56 Å². The molecule has 0 aliphatic carbocycles. The maximum absolute atomic E-state index is 13.4. The third kappa shape index (κ3) is 4.12. The molecule has 1 amide bonds. The summed E-state index contributed by atoms with van der Waals surface area (Å²) in [5, 5.41) is 2.76. The number of aryl methyl sites for hydroxylation is 1. The van der Waals surface area contributed by atoms with Gasteiger partial charge in [0.2, 0.25) is 5.12 Å². The van der Waals surface area contributed by atoms with Crippen molar-refractivity contribution in [1.82, 2.24) is 9.97 Å². The molecule has 1 N–H and O–H groups in total. The standard InChI is InChI=1S/C19H14FN3O2S/c1-12-11-14(4-5-16(12)20)23-17(24)15-3-2-8-22-18(15)26-19(25)13-6-9-21-10-7-13/h2-11H,1H3,(H,23,24). The monoisotopic (exact) mass is 367 g/mol. The van der Waals surface area contributed by atoms with E-state index in [2.05, 4.69) is 15.3 Å². The number of benzene rings is 1. The highest BCUT2D eigenvalue weighted by molar-refractivity contribution is 8.14. The Bertz CT molecular complexity index is 964. The summed E-state index contributed by atoms with van der Waals surface area (Å²) in [6.45, 7) is 1.61. The van der Waals surface area contributed by atoms with Gasteiger partial charge in [-0.2, -0.15) is 0 Å². The summed E-state index contributed by atoms with van der Waals surface area (Å²) in [6, 6.07) is 10.7. The summed E-state index contributed by atoms with van der Waals surface area (Å²) in [7, 11) is 0. The average Bonchev–Trinajstić information content (AvgIpc) is 2.66. The van der Waals surface area contributed by atoms with Crippen LogP contribution in [0.1, 0.15) is 26.3 Å². The predicted octanol–water partition coefficient (Wildman–Crippen LogP) is 4.11. The first-order chi connectivity index (χ1) is 12.5. The third-order valence-corrected chi connectivity index (χ3v) is 4.48.